The van der Waals surface area contributed by atoms with E-state index in [4.69, 9.17) is 9.15 Å². The number of nitriles is 1. The number of methoxy groups -OCH3 is 1. The number of amides is 1. The molecule has 1 amide bonds. The number of benzene rings is 2. The van der Waals surface area contributed by atoms with Gasteiger partial charge in [0.15, 0.2) is 0 Å². The number of carbonyl (C=O) groups excluding carboxylic acids is 1. The zero-order valence-electron chi connectivity index (χ0n) is 16.3. The molecule has 4 rings (SSSR count). The van der Waals surface area contributed by atoms with Crippen LogP contribution in [0.3, 0.4) is 0 Å². The molecule has 1 aliphatic heterocycles. The minimum absolute atomic E-state index is 0.147. The summed E-state index contributed by atoms with van der Waals surface area (Å²) in [4.78, 5) is 20.5. The molecule has 0 aliphatic carbocycles. The molecule has 0 spiro atoms. The molecule has 1 saturated heterocycles. The predicted molar refractivity (Wildman–Crippen MR) is 108 cm³/mol. The van der Waals surface area contributed by atoms with E-state index in [9.17, 15) is 14.4 Å². The lowest BCUT2D eigenvalue weighted by atomic mass is 10.2. The first kappa shape index (κ1) is 19.5. The Balaban J connectivity index is 1.47. The monoisotopic (exact) mass is 406 g/mol. The lowest BCUT2D eigenvalue weighted by Gasteiger charge is -2.34. The third-order valence-electron chi connectivity index (χ3n) is 5.00. The van der Waals surface area contributed by atoms with Crippen molar-refractivity contribution in [2.75, 3.05) is 38.2 Å². The van der Waals surface area contributed by atoms with Crippen LogP contribution in [0.15, 0.2) is 52.9 Å². The molecule has 2 heterocycles. The van der Waals surface area contributed by atoms with Gasteiger partial charge in [-0.2, -0.15) is 10.2 Å². The Bertz CT molecular complexity index is 1080. The standard InChI is InChI=1S/C22H19FN4O3/c1-29-18-8-4-15(5-9-18)20-25-19(14-24)22(30-20)27-12-10-26(11-13-27)21(28)16-2-6-17(23)7-3-16/h2-9H,10-13H2,1H3. The molecule has 0 unspecified atom stereocenters. The van der Waals surface area contributed by atoms with Gasteiger partial charge in [0.25, 0.3) is 5.91 Å². The van der Waals surface area contributed by atoms with Crippen LogP contribution in [0.2, 0.25) is 0 Å². The van der Waals surface area contributed by atoms with Gasteiger partial charge in [-0.05, 0) is 48.5 Å². The molecule has 0 saturated carbocycles. The number of halogens is 1. The first-order chi connectivity index (χ1) is 14.6. The molecular weight excluding hydrogens is 387 g/mol. The quantitative estimate of drug-likeness (QED) is 0.661. The predicted octanol–water partition coefficient (Wildman–Crippen LogP) is 3.32. The van der Waals surface area contributed by atoms with Crippen molar-refractivity contribution >= 4 is 11.8 Å². The zero-order valence-corrected chi connectivity index (χ0v) is 16.3. The summed E-state index contributed by atoms with van der Waals surface area (Å²) in [6.07, 6.45) is 0. The Kier molecular flexibility index (Phi) is 5.35. The maximum absolute atomic E-state index is 13.1. The third-order valence-corrected chi connectivity index (χ3v) is 5.00. The molecule has 152 valence electrons. The van der Waals surface area contributed by atoms with Crippen molar-refractivity contribution in [3.63, 3.8) is 0 Å². The topological polar surface area (TPSA) is 82.6 Å². The van der Waals surface area contributed by atoms with E-state index in [2.05, 4.69) is 11.1 Å². The molecule has 7 nitrogen and oxygen atoms in total. The molecule has 3 aromatic rings. The van der Waals surface area contributed by atoms with Gasteiger partial charge in [-0.25, -0.2) is 4.39 Å². The summed E-state index contributed by atoms with van der Waals surface area (Å²) in [5.41, 5.74) is 1.40. The van der Waals surface area contributed by atoms with Gasteiger partial charge in [0, 0.05) is 37.3 Å². The summed E-state index contributed by atoms with van der Waals surface area (Å²) in [6.45, 7) is 1.91. The second-order valence-corrected chi connectivity index (χ2v) is 6.80. The van der Waals surface area contributed by atoms with Gasteiger partial charge in [-0.3, -0.25) is 4.79 Å². The fourth-order valence-electron chi connectivity index (χ4n) is 3.34. The molecule has 30 heavy (non-hydrogen) atoms. The van der Waals surface area contributed by atoms with Crippen LogP contribution in [0, 0.1) is 17.1 Å². The largest absolute Gasteiger partial charge is 0.497 e. The van der Waals surface area contributed by atoms with Crippen molar-refractivity contribution in [1.82, 2.24) is 9.88 Å². The lowest BCUT2D eigenvalue weighted by molar-refractivity contribution is 0.0745. The van der Waals surface area contributed by atoms with Crippen molar-refractivity contribution < 1.29 is 18.3 Å². The third kappa shape index (κ3) is 3.82. The van der Waals surface area contributed by atoms with Gasteiger partial charge in [-0.1, -0.05) is 0 Å². The number of oxazole rings is 1. The summed E-state index contributed by atoms with van der Waals surface area (Å²) >= 11 is 0. The number of carbonyl (C=O) groups is 1. The first-order valence-electron chi connectivity index (χ1n) is 9.44. The number of rotatable bonds is 4. The minimum Gasteiger partial charge on any atom is -0.497 e. The second kappa shape index (κ2) is 8.25. The van der Waals surface area contributed by atoms with E-state index in [1.165, 1.54) is 24.3 Å². The lowest BCUT2D eigenvalue weighted by Crippen LogP contribution is -2.48. The number of hydrogen-bond acceptors (Lipinski definition) is 6. The molecule has 8 heteroatoms. The van der Waals surface area contributed by atoms with Crippen LogP contribution in [0.4, 0.5) is 10.3 Å². The summed E-state index contributed by atoms with van der Waals surface area (Å²) in [7, 11) is 1.59. The van der Waals surface area contributed by atoms with Crippen molar-refractivity contribution in [3.8, 4) is 23.3 Å². The molecule has 1 fully saturated rings. The van der Waals surface area contributed by atoms with Crippen LogP contribution in [-0.4, -0.2) is 49.1 Å². The van der Waals surface area contributed by atoms with Gasteiger partial charge in [0.05, 0.1) is 7.11 Å². The molecule has 0 bridgehead atoms. The maximum Gasteiger partial charge on any atom is 0.253 e. The van der Waals surface area contributed by atoms with Crippen LogP contribution in [0.1, 0.15) is 16.1 Å². The van der Waals surface area contributed by atoms with E-state index < -0.39 is 0 Å². The summed E-state index contributed by atoms with van der Waals surface area (Å²) in [6, 6.07) is 14.8. The molecule has 1 aliphatic rings. The Hall–Kier alpha value is -3.86. The molecule has 0 N–H and O–H groups in total. The summed E-state index contributed by atoms with van der Waals surface area (Å²) in [5, 5.41) is 9.49. The maximum atomic E-state index is 13.1. The molecule has 1 aromatic heterocycles. The van der Waals surface area contributed by atoms with Crippen molar-refractivity contribution in [2.45, 2.75) is 0 Å². The number of nitrogens with zero attached hydrogens (tertiary/aromatic N) is 4. The number of ether oxygens (including phenoxy) is 1. The van der Waals surface area contributed by atoms with E-state index >= 15 is 0 Å². The minimum atomic E-state index is -0.376. The highest BCUT2D eigenvalue weighted by molar-refractivity contribution is 5.94. The van der Waals surface area contributed by atoms with Crippen LogP contribution in [-0.2, 0) is 0 Å². The van der Waals surface area contributed by atoms with Crippen LogP contribution < -0.4 is 9.64 Å². The molecule has 2 aromatic carbocycles. The Morgan fingerprint density at radius 2 is 1.77 bits per heavy atom. The average Bonchev–Trinajstić information content (AvgIpc) is 3.24. The van der Waals surface area contributed by atoms with Gasteiger partial charge >= 0.3 is 0 Å². The fraction of sp³-hybridized carbons (Fsp3) is 0.227. The average molecular weight is 406 g/mol. The Morgan fingerprint density at radius 1 is 1.10 bits per heavy atom. The molecule has 0 atom stereocenters. The number of aromatic nitrogens is 1. The highest BCUT2D eigenvalue weighted by atomic mass is 19.1. The van der Waals surface area contributed by atoms with E-state index in [0.29, 0.717) is 49.3 Å². The second-order valence-electron chi connectivity index (χ2n) is 6.80. The van der Waals surface area contributed by atoms with Crippen LogP contribution >= 0.6 is 0 Å². The van der Waals surface area contributed by atoms with E-state index in [1.807, 2.05) is 17.0 Å². The normalized spacial score (nSPS) is 13.8. The molecule has 0 radical (unpaired) electrons. The number of hydrogen-bond donors (Lipinski definition) is 0. The summed E-state index contributed by atoms with van der Waals surface area (Å²) < 4.78 is 24.1. The molecular formula is C22H19FN4O3. The van der Waals surface area contributed by atoms with Crippen LogP contribution in [0.5, 0.6) is 5.75 Å². The SMILES string of the molecule is COc1ccc(-c2nc(C#N)c(N3CCN(C(=O)c4ccc(F)cc4)CC3)o2)cc1. The van der Waals surface area contributed by atoms with Gasteiger partial charge < -0.3 is 19.0 Å². The van der Waals surface area contributed by atoms with Gasteiger partial charge in [-0.15, -0.1) is 0 Å². The Morgan fingerprint density at radius 3 is 2.37 bits per heavy atom. The van der Waals surface area contributed by atoms with E-state index in [0.717, 1.165) is 5.56 Å². The Labute approximate surface area is 172 Å². The smallest absolute Gasteiger partial charge is 0.253 e. The first-order valence-corrected chi connectivity index (χ1v) is 9.44. The van der Waals surface area contributed by atoms with Crippen molar-refractivity contribution in [2.24, 2.45) is 0 Å². The number of anilines is 1. The number of piperazine rings is 1. The van der Waals surface area contributed by atoms with Crippen LogP contribution in [0.25, 0.3) is 11.5 Å². The van der Waals surface area contributed by atoms with Gasteiger partial charge in [0.2, 0.25) is 17.5 Å². The van der Waals surface area contributed by atoms with Gasteiger partial charge in [0.1, 0.15) is 17.6 Å². The van der Waals surface area contributed by atoms with E-state index in [1.54, 1.807) is 24.1 Å². The van der Waals surface area contributed by atoms with E-state index in [-0.39, 0.29) is 17.4 Å². The van der Waals surface area contributed by atoms with Crippen molar-refractivity contribution in [3.05, 3.63) is 65.6 Å². The highest BCUT2D eigenvalue weighted by Gasteiger charge is 2.27. The highest BCUT2D eigenvalue weighted by Crippen LogP contribution is 2.30. The fourth-order valence-corrected chi connectivity index (χ4v) is 3.34. The summed E-state index contributed by atoms with van der Waals surface area (Å²) in [5.74, 6) is 0.948. The van der Waals surface area contributed by atoms with Crippen molar-refractivity contribution in [1.29, 1.82) is 5.26 Å². The zero-order chi connectivity index (χ0) is 21.1.